The van der Waals surface area contributed by atoms with Crippen LogP contribution in [0.25, 0.3) is 6.08 Å². The predicted molar refractivity (Wildman–Crippen MR) is 105 cm³/mol. The highest BCUT2D eigenvalue weighted by Gasteiger charge is 2.09. The van der Waals surface area contributed by atoms with E-state index in [9.17, 15) is 4.79 Å². The number of nitrogens with zero attached hydrogens (tertiary/aromatic N) is 1. The van der Waals surface area contributed by atoms with Crippen LogP contribution >= 0.6 is 0 Å². The molecule has 2 nitrogen and oxygen atoms in total. The first-order chi connectivity index (χ1) is 11.6. The van der Waals surface area contributed by atoms with Crippen molar-refractivity contribution in [1.82, 2.24) is 4.90 Å². The first kappa shape index (κ1) is 20.5. The Balaban J connectivity index is 2.63. The van der Waals surface area contributed by atoms with E-state index in [0.717, 1.165) is 31.5 Å². The summed E-state index contributed by atoms with van der Waals surface area (Å²) in [4.78, 5) is 14.5. The number of unbranched alkanes of at least 4 members (excludes halogenated alkanes) is 4. The number of amides is 1. The van der Waals surface area contributed by atoms with E-state index in [2.05, 4.69) is 52.0 Å². The van der Waals surface area contributed by atoms with Gasteiger partial charge < -0.3 is 4.90 Å². The largest absolute Gasteiger partial charge is 0.339 e. The SMILES string of the molecule is CCCCCN(CCCCC)C(=O)/C=C/c1ccc(C(C)C)cc1. The minimum Gasteiger partial charge on any atom is -0.339 e. The van der Waals surface area contributed by atoms with E-state index in [4.69, 9.17) is 0 Å². The lowest BCUT2D eigenvalue weighted by atomic mass is 10.0. The molecule has 0 fully saturated rings. The predicted octanol–water partition coefficient (Wildman–Crippen LogP) is 6.03. The van der Waals surface area contributed by atoms with Gasteiger partial charge in [-0.1, -0.05) is 77.6 Å². The fraction of sp³-hybridized carbons (Fsp3) is 0.591. The molecule has 1 aromatic rings. The van der Waals surface area contributed by atoms with Gasteiger partial charge in [0.2, 0.25) is 5.91 Å². The quantitative estimate of drug-likeness (QED) is 0.358. The van der Waals surface area contributed by atoms with Gasteiger partial charge in [-0.2, -0.15) is 0 Å². The summed E-state index contributed by atoms with van der Waals surface area (Å²) >= 11 is 0. The molecule has 0 unspecified atom stereocenters. The Morgan fingerprint density at radius 3 is 1.96 bits per heavy atom. The molecule has 0 atom stereocenters. The first-order valence-corrected chi connectivity index (χ1v) is 9.65. The van der Waals surface area contributed by atoms with Gasteiger partial charge in [0.25, 0.3) is 0 Å². The highest BCUT2D eigenvalue weighted by atomic mass is 16.2. The maximum absolute atomic E-state index is 12.5. The van der Waals surface area contributed by atoms with Gasteiger partial charge >= 0.3 is 0 Å². The van der Waals surface area contributed by atoms with E-state index in [0.29, 0.717) is 5.92 Å². The summed E-state index contributed by atoms with van der Waals surface area (Å²) < 4.78 is 0. The summed E-state index contributed by atoms with van der Waals surface area (Å²) in [6, 6.07) is 8.49. The Morgan fingerprint density at radius 1 is 0.958 bits per heavy atom. The summed E-state index contributed by atoms with van der Waals surface area (Å²) in [5.74, 6) is 0.687. The molecule has 0 saturated heterocycles. The van der Waals surface area contributed by atoms with Crippen LogP contribution in [0.15, 0.2) is 30.3 Å². The van der Waals surface area contributed by atoms with Gasteiger partial charge in [0.1, 0.15) is 0 Å². The van der Waals surface area contributed by atoms with Crippen LogP contribution < -0.4 is 0 Å². The van der Waals surface area contributed by atoms with Gasteiger partial charge in [0, 0.05) is 19.2 Å². The van der Waals surface area contributed by atoms with Crippen molar-refractivity contribution in [2.45, 2.75) is 72.1 Å². The number of hydrogen-bond acceptors (Lipinski definition) is 1. The molecule has 0 N–H and O–H groups in total. The fourth-order valence-electron chi connectivity index (χ4n) is 2.70. The third kappa shape index (κ3) is 7.81. The van der Waals surface area contributed by atoms with Crippen molar-refractivity contribution in [3.8, 4) is 0 Å². The molecule has 24 heavy (non-hydrogen) atoms. The van der Waals surface area contributed by atoms with Gasteiger partial charge in [0.15, 0.2) is 0 Å². The Bertz CT molecular complexity index is 477. The second kappa shape index (κ2) is 11.9. The molecule has 0 aliphatic rings. The molecule has 2 heteroatoms. The zero-order valence-corrected chi connectivity index (χ0v) is 16.1. The van der Waals surface area contributed by atoms with Crippen LogP contribution in [0.2, 0.25) is 0 Å². The molecule has 0 aromatic heterocycles. The highest BCUT2D eigenvalue weighted by molar-refractivity contribution is 5.91. The smallest absolute Gasteiger partial charge is 0.246 e. The highest BCUT2D eigenvalue weighted by Crippen LogP contribution is 2.15. The molecule has 0 spiro atoms. The molecular formula is C22H35NO. The van der Waals surface area contributed by atoms with Crippen molar-refractivity contribution in [2.24, 2.45) is 0 Å². The molecule has 0 heterocycles. The van der Waals surface area contributed by atoms with E-state index in [1.165, 1.54) is 31.2 Å². The second-order valence-corrected chi connectivity index (χ2v) is 6.89. The summed E-state index contributed by atoms with van der Waals surface area (Å²) in [5.41, 5.74) is 2.43. The maximum Gasteiger partial charge on any atom is 0.246 e. The molecule has 0 bridgehead atoms. The van der Waals surface area contributed by atoms with Crippen LogP contribution in [0.1, 0.15) is 83.3 Å². The third-order valence-corrected chi connectivity index (χ3v) is 4.40. The molecule has 0 saturated carbocycles. The summed E-state index contributed by atoms with van der Waals surface area (Å²) in [6.07, 6.45) is 10.7. The van der Waals surface area contributed by atoms with E-state index in [1.54, 1.807) is 6.08 Å². The Hall–Kier alpha value is -1.57. The van der Waals surface area contributed by atoms with Crippen LogP contribution in [-0.2, 0) is 4.79 Å². The van der Waals surface area contributed by atoms with E-state index in [-0.39, 0.29) is 5.91 Å². The minimum atomic E-state index is 0.148. The van der Waals surface area contributed by atoms with Crippen molar-refractivity contribution < 1.29 is 4.79 Å². The lowest BCUT2D eigenvalue weighted by Crippen LogP contribution is -2.31. The monoisotopic (exact) mass is 329 g/mol. The van der Waals surface area contributed by atoms with Crippen LogP contribution in [0.5, 0.6) is 0 Å². The maximum atomic E-state index is 12.5. The van der Waals surface area contributed by atoms with E-state index < -0.39 is 0 Å². The lowest BCUT2D eigenvalue weighted by Gasteiger charge is -2.21. The second-order valence-electron chi connectivity index (χ2n) is 6.89. The Labute approximate surface area is 149 Å². The normalized spacial score (nSPS) is 11.4. The first-order valence-electron chi connectivity index (χ1n) is 9.65. The van der Waals surface area contributed by atoms with Crippen molar-refractivity contribution in [1.29, 1.82) is 0 Å². The summed E-state index contributed by atoms with van der Waals surface area (Å²) in [5, 5.41) is 0. The van der Waals surface area contributed by atoms with E-state index in [1.807, 2.05) is 11.0 Å². The third-order valence-electron chi connectivity index (χ3n) is 4.40. The Morgan fingerprint density at radius 2 is 1.50 bits per heavy atom. The molecular weight excluding hydrogens is 294 g/mol. The molecule has 0 aliphatic carbocycles. The summed E-state index contributed by atoms with van der Waals surface area (Å²) in [6.45, 7) is 10.5. The van der Waals surface area contributed by atoms with Crippen molar-refractivity contribution in [3.05, 3.63) is 41.5 Å². The van der Waals surface area contributed by atoms with Crippen LogP contribution in [0.3, 0.4) is 0 Å². The Kier molecular flexibility index (Phi) is 10.1. The number of rotatable bonds is 11. The number of hydrogen-bond donors (Lipinski definition) is 0. The van der Waals surface area contributed by atoms with Gasteiger partial charge in [-0.25, -0.2) is 0 Å². The van der Waals surface area contributed by atoms with Crippen LogP contribution in [-0.4, -0.2) is 23.9 Å². The van der Waals surface area contributed by atoms with Crippen molar-refractivity contribution >= 4 is 12.0 Å². The van der Waals surface area contributed by atoms with Gasteiger partial charge in [-0.3, -0.25) is 4.79 Å². The van der Waals surface area contributed by atoms with Crippen LogP contribution in [0.4, 0.5) is 0 Å². The van der Waals surface area contributed by atoms with Crippen molar-refractivity contribution in [2.75, 3.05) is 13.1 Å². The van der Waals surface area contributed by atoms with Crippen LogP contribution in [0, 0.1) is 0 Å². The molecule has 0 radical (unpaired) electrons. The topological polar surface area (TPSA) is 20.3 Å². The number of benzene rings is 1. The molecule has 134 valence electrons. The average Bonchev–Trinajstić information content (AvgIpc) is 2.59. The fourth-order valence-corrected chi connectivity index (χ4v) is 2.70. The zero-order chi connectivity index (χ0) is 17.8. The number of carbonyl (C=O) groups is 1. The molecule has 1 aromatic carbocycles. The van der Waals surface area contributed by atoms with Gasteiger partial charge in [-0.05, 0) is 36.0 Å². The minimum absolute atomic E-state index is 0.148. The summed E-state index contributed by atoms with van der Waals surface area (Å²) in [7, 11) is 0. The standard InChI is InChI=1S/C22H35NO/c1-5-7-9-17-23(18-10-8-6-2)22(24)16-13-20-11-14-21(15-12-20)19(3)4/h11-16,19H,5-10,17-18H2,1-4H3/b16-13+. The van der Waals surface area contributed by atoms with E-state index >= 15 is 0 Å². The molecule has 1 amide bonds. The average molecular weight is 330 g/mol. The molecule has 1 rings (SSSR count). The van der Waals surface area contributed by atoms with Gasteiger partial charge in [-0.15, -0.1) is 0 Å². The van der Waals surface area contributed by atoms with Crippen molar-refractivity contribution in [3.63, 3.8) is 0 Å². The van der Waals surface area contributed by atoms with Gasteiger partial charge in [0.05, 0.1) is 0 Å². The lowest BCUT2D eigenvalue weighted by molar-refractivity contribution is -0.126. The molecule has 0 aliphatic heterocycles. The zero-order valence-electron chi connectivity index (χ0n) is 16.1. The number of carbonyl (C=O) groups excluding carboxylic acids is 1.